The average molecular weight is 281 g/mol. The smallest absolute Gasteiger partial charge is 0.318 e. The number of ether oxygens (including phenoxy) is 1. The van der Waals surface area contributed by atoms with Gasteiger partial charge in [-0.2, -0.15) is 0 Å². The van der Waals surface area contributed by atoms with E-state index in [0.29, 0.717) is 25.7 Å². The van der Waals surface area contributed by atoms with Crippen molar-refractivity contribution in [1.29, 1.82) is 0 Å². The van der Waals surface area contributed by atoms with E-state index in [1.807, 2.05) is 6.92 Å². The number of rotatable bonds is 2. The highest BCUT2D eigenvalue weighted by molar-refractivity contribution is 5.76. The number of carbonyl (C=O) groups is 1. The van der Waals surface area contributed by atoms with Crippen LogP contribution in [0, 0.1) is 5.92 Å². The zero-order chi connectivity index (χ0) is 14.0. The zero-order valence-corrected chi connectivity index (χ0v) is 12.5. The van der Waals surface area contributed by atoms with E-state index >= 15 is 0 Å². The number of morpholine rings is 1. The first-order valence-electron chi connectivity index (χ1n) is 8.13. The van der Waals surface area contributed by atoms with Gasteiger partial charge in [-0.3, -0.25) is 0 Å². The molecule has 0 spiro atoms. The predicted octanol–water partition coefficient (Wildman–Crippen LogP) is 1.34. The molecule has 5 heteroatoms. The molecule has 0 aromatic rings. The van der Waals surface area contributed by atoms with E-state index in [2.05, 4.69) is 15.5 Å². The van der Waals surface area contributed by atoms with Crippen LogP contribution in [0.15, 0.2) is 0 Å². The number of amides is 2. The first-order valence-corrected chi connectivity index (χ1v) is 8.13. The summed E-state index contributed by atoms with van der Waals surface area (Å²) in [5, 5.41) is 6.56. The van der Waals surface area contributed by atoms with Crippen LogP contribution in [0.5, 0.6) is 0 Å². The molecule has 2 unspecified atom stereocenters. The highest BCUT2D eigenvalue weighted by Crippen LogP contribution is 2.40. The lowest BCUT2D eigenvalue weighted by Gasteiger charge is -2.58. The molecule has 114 valence electrons. The van der Waals surface area contributed by atoms with Crippen molar-refractivity contribution in [2.75, 3.05) is 32.8 Å². The maximum atomic E-state index is 12.6. The van der Waals surface area contributed by atoms with E-state index in [1.54, 1.807) is 0 Å². The molecule has 2 saturated heterocycles. The molecule has 0 aromatic heterocycles. The number of nitrogens with one attached hydrogen (secondary N) is 2. The molecule has 2 amide bonds. The van der Waals surface area contributed by atoms with Crippen LogP contribution >= 0.6 is 0 Å². The predicted molar refractivity (Wildman–Crippen MR) is 77.7 cm³/mol. The van der Waals surface area contributed by atoms with Crippen LogP contribution in [0.1, 0.15) is 39.0 Å². The van der Waals surface area contributed by atoms with Crippen molar-refractivity contribution in [3.05, 3.63) is 0 Å². The summed E-state index contributed by atoms with van der Waals surface area (Å²) in [6, 6.07) is 0.291. The number of urea groups is 1. The maximum absolute atomic E-state index is 12.6. The molecule has 2 bridgehead atoms. The van der Waals surface area contributed by atoms with Gasteiger partial charge >= 0.3 is 6.03 Å². The van der Waals surface area contributed by atoms with E-state index in [-0.39, 0.29) is 17.6 Å². The lowest BCUT2D eigenvalue weighted by atomic mass is 9.71. The number of hydrogen-bond donors (Lipinski definition) is 2. The second-order valence-corrected chi connectivity index (χ2v) is 6.44. The summed E-state index contributed by atoms with van der Waals surface area (Å²) in [7, 11) is 0. The Bertz CT molecular complexity index is 345. The van der Waals surface area contributed by atoms with Crippen LogP contribution in [-0.4, -0.2) is 55.4 Å². The van der Waals surface area contributed by atoms with Crippen LogP contribution in [-0.2, 0) is 4.74 Å². The fourth-order valence-corrected chi connectivity index (χ4v) is 4.32. The number of piperazine rings is 1. The summed E-state index contributed by atoms with van der Waals surface area (Å²) in [6.07, 6.45) is 6.38. The lowest BCUT2D eigenvalue weighted by Crippen LogP contribution is -2.76. The summed E-state index contributed by atoms with van der Waals surface area (Å²) in [4.78, 5) is 14.7. The molecule has 1 aliphatic carbocycles. The van der Waals surface area contributed by atoms with Crippen molar-refractivity contribution in [3.63, 3.8) is 0 Å². The number of nitrogens with zero attached hydrogens (tertiary/aromatic N) is 1. The Hall–Kier alpha value is -0.810. The largest absolute Gasteiger partial charge is 0.377 e. The van der Waals surface area contributed by atoms with Crippen LogP contribution in [0.4, 0.5) is 4.79 Å². The van der Waals surface area contributed by atoms with Gasteiger partial charge in [-0.05, 0) is 25.7 Å². The molecule has 0 radical (unpaired) electrons. The van der Waals surface area contributed by atoms with Gasteiger partial charge in [-0.25, -0.2) is 4.79 Å². The first kappa shape index (κ1) is 14.1. The molecule has 2 atom stereocenters. The minimum Gasteiger partial charge on any atom is -0.377 e. The normalized spacial score (nSPS) is 34.9. The highest BCUT2D eigenvalue weighted by Gasteiger charge is 2.53. The van der Waals surface area contributed by atoms with Crippen LogP contribution in [0.25, 0.3) is 0 Å². The van der Waals surface area contributed by atoms with E-state index in [9.17, 15) is 4.79 Å². The number of fused-ring (bicyclic) bond motifs is 2. The minimum absolute atomic E-state index is 0.105. The Kier molecular flexibility index (Phi) is 4.17. The Balaban J connectivity index is 1.87. The van der Waals surface area contributed by atoms with Crippen molar-refractivity contribution in [1.82, 2.24) is 15.5 Å². The molecule has 20 heavy (non-hydrogen) atoms. The van der Waals surface area contributed by atoms with Gasteiger partial charge < -0.3 is 20.3 Å². The zero-order valence-electron chi connectivity index (χ0n) is 12.5. The summed E-state index contributed by atoms with van der Waals surface area (Å²) in [5.41, 5.74) is -0.124. The summed E-state index contributed by atoms with van der Waals surface area (Å²) >= 11 is 0. The minimum atomic E-state index is -0.124. The maximum Gasteiger partial charge on any atom is 0.318 e. The van der Waals surface area contributed by atoms with Gasteiger partial charge in [0.25, 0.3) is 0 Å². The molecule has 1 saturated carbocycles. The van der Waals surface area contributed by atoms with Crippen molar-refractivity contribution in [2.24, 2.45) is 5.92 Å². The third-order valence-corrected chi connectivity index (χ3v) is 5.23. The monoisotopic (exact) mass is 281 g/mol. The molecular weight excluding hydrogens is 254 g/mol. The first-order chi connectivity index (χ1) is 9.78. The topological polar surface area (TPSA) is 53.6 Å². The molecule has 5 nitrogen and oxygen atoms in total. The van der Waals surface area contributed by atoms with Crippen molar-refractivity contribution in [3.8, 4) is 0 Å². The third-order valence-electron chi connectivity index (χ3n) is 5.23. The van der Waals surface area contributed by atoms with Gasteiger partial charge in [0.15, 0.2) is 0 Å². The molecule has 3 aliphatic rings. The van der Waals surface area contributed by atoms with Gasteiger partial charge in [0.1, 0.15) is 0 Å². The summed E-state index contributed by atoms with van der Waals surface area (Å²) in [6.45, 7) is 5.77. The molecule has 2 heterocycles. The Labute approximate surface area is 121 Å². The number of carbonyl (C=O) groups excluding carboxylic acids is 1. The Morgan fingerprint density at radius 1 is 1.40 bits per heavy atom. The van der Waals surface area contributed by atoms with Gasteiger partial charge in [0.05, 0.1) is 24.8 Å². The molecule has 0 aromatic carbocycles. The Morgan fingerprint density at radius 3 is 2.95 bits per heavy atom. The average Bonchev–Trinajstić information content (AvgIpc) is 2.47. The van der Waals surface area contributed by atoms with Gasteiger partial charge in [0, 0.05) is 19.6 Å². The van der Waals surface area contributed by atoms with Crippen LogP contribution in [0.2, 0.25) is 0 Å². The van der Waals surface area contributed by atoms with Gasteiger partial charge in [-0.1, -0.05) is 19.3 Å². The molecular formula is C15H27N3O2. The SMILES string of the molecule is CCNC(=O)N1C2CNCC1(C1CCCCC1)COC2. The molecule has 3 rings (SSSR count). The Morgan fingerprint density at radius 2 is 2.20 bits per heavy atom. The third kappa shape index (κ3) is 2.31. The van der Waals surface area contributed by atoms with E-state index in [1.165, 1.54) is 32.1 Å². The van der Waals surface area contributed by atoms with Gasteiger partial charge in [0.2, 0.25) is 0 Å². The van der Waals surface area contributed by atoms with Crippen LogP contribution in [0.3, 0.4) is 0 Å². The highest BCUT2D eigenvalue weighted by atomic mass is 16.5. The molecule has 2 aliphatic heterocycles. The van der Waals surface area contributed by atoms with Crippen molar-refractivity contribution >= 4 is 6.03 Å². The quantitative estimate of drug-likeness (QED) is 0.803. The fraction of sp³-hybridized carbons (Fsp3) is 0.933. The summed E-state index contributed by atoms with van der Waals surface area (Å²) < 4.78 is 5.89. The van der Waals surface area contributed by atoms with E-state index in [0.717, 1.165) is 13.1 Å². The van der Waals surface area contributed by atoms with E-state index in [4.69, 9.17) is 4.74 Å². The second kappa shape index (κ2) is 5.90. The van der Waals surface area contributed by atoms with Crippen LogP contribution < -0.4 is 10.6 Å². The molecule has 2 N–H and O–H groups in total. The van der Waals surface area contributed by atoms with E-state index < -0.39 is 0 Å². The van der Waals surface area contributed by atoms with Gasteiger partial charge in [-0.15, -0.1) is 0 Å². The standard InChI is InChI=1S/C15H27N3O2/c1-2-17-14(19)18-13-8-16-10-15(18,11-20-9-13)12-6-4-3-5-7-12/h12-13,16H,2-11H2,1H3,(H,17,19). The number of hydrogen-bond acceptors (Lipinski definition) is 3. The summed E-state index contributed by atoms with van der Waals surface area (Å²) in [5.74, 6) is 0.578. The fourth-order valence-electron chi connectivity index (χ4n) is 4.32. The van der Waals surface area contributed by atoms with Crippen molar-refractivity contribution < 1.29 is 9.53 Å². The molecule has 3 fully saturated rings. The second-order valence-electron chi connectivity index (χ2n) is 6.44. The lowest BCUT2D eigenvalue weighted by molar-refractivity contribution is -0.125. The van der Waals surface area contributed by atoms with Crippen molar-refractivity contribution in [2.45, 2.75) is 50.6 Å².